The Morgan fingerprint density at radius 2 is 2.00 bits per heavy atom. The molecule has 0 aliphatic carbocycles. The molecule has 10 heteroatoms. The van der Waals surface area contributed by atoms with Crippen molar-refractivity contribution in [3.05, 3.63) is 36.4 Å². The molecule has 0 saturated heterocycles. The number of nitrogens with two attached hydrogens (primary N) is 1. The van der Waals surface area contributed by atoms with Gasteiger partial charge < -0.3 is 10.7 Å². The molecule has 2 rings (SSSR count). The molecule has 114 valence electrons. The zero-order valence-corrected chi connectivity index (χ0v) is 12.7. The smallest absolute Gasteiger partial charge is 0.243 e. The van der Waals surface area contributed by atoms with Crippen molar-refractivity contribution in [2.45, 2.75) is 16.3 Å². The van der Waals surface area contributed by atoms with Crippen molar-refractivity contribution in [3.8, 4) is 0 Å². The molecule has 0 aliphatic heterocycles. The van der Waals surface area contributed by atoms with E-state index < -0.39 is 19.9 Å². The third-order valence-corrected chi connectivity index (χ3v) is 5.25. The van der Waals surface area contributed by atoms with Gasteiger partial charge in [-0.2, -0.15) is 0 Å². The van der Waals surface area contributed by atoms with Crippen LogP contribution in [0.15, 0.2) is 40.4 Å². The Hall–Kier alpha value is -1.91. The molecule has 0 spiro atoms. The number of aromatic nitrogens is 2. The normalized spacial score (nSPS) is 12.4. The summed E-state index contributed by atoms with van der Waals surface area (Å²) in [6, 6.07) is 3.54. The standard InChI is InChI=1S/C11H14N4O4S2/c1-20(16,17)8-2-3-9(12)10(6-8)21(18,19)15-7-11-13-4-5-14-11/h2-6,15H,7,12H2,1H3,(H,13,14). The molecule has 1 aromatic heterocycles. The van der Waals surface area contributed by atoms with Crippen LogP contribution in [0.5, 0.6) is 0 Å². The number of hydrogen-bond acceptors (Lipinski definition) is 6. The van der Waals surface area contributed by atoms with Gasteiger partial charge >= 0.3 is 0 Å². The summed E-state index contributed by atoms with van der Waals surface area (Å²) in [5.41, 5.74) is 5.60. The van der Waals surface area contributed by atoms with E-state index in [0.29, 0.717) is 5.82 Å². The maximum Gasteiger partial charge on any atom is 0.243 e. The first-order chi connectivity index (χ1) is 9.70. The highest BCUT2D eigenvalue weighted by Crippen LogP contribution is 2.22. The van der Waals surface area contributed by atoms with E-state index in [2.05, 4.69) is 14.7 Å². The molecule has 0 amide bonds. The minimum Gasteiger partial charge on any atom is -0.398 e. The first kappa shape index (κ1) is 15.5. The van der Waals surface area contributed by atoms with E-state index in [1.807, 2.05) is 0 Å². The fourth-order valence-electron chi connectivity index (χ4n) is 1.61. The van der Waals surface area contributed by atoms with Crippen LogP contribution in [0.2, 0.25) is 0 Å². The molecule has 21 heavy (non-hydrogen) atoms. The summed E-state index contributed by atoms with van der Waals surface area (Å²) in [6.45, 7) is -0.0577. The number of benzene rings is 1. The molecule has 0 radical (unpaired) electrons. The summed E-state index contributed by atoms with van der Waals surface area (Å²) in [7, 11) is -7.48. The first-order valence-electron chi connectivity index (χ1n) is 5.77. The van der Waals surface area contributed by atoms with Crippen LogP contribution in [-0.2, 0) is 26.4 Å². The Balaban J connectivity index is 2.35. The highest BCUT2D eigenvalue weighted by atomic mass is 32.2. The fraction of sp³-hybridized carbons (Fsp3) is 0.182. The van der Waals surface area contributed by atoms with Gasteiger partial charge in [-0.05, 0) is 18.2 Å². The van der Waals surface area contributed by atoms with Crippen molar-refractivity contribution in [2.75, 3.05) is 12.0 Å². The summed E-state index contributed by atoms with van der Waals surface area (Å²) in [5.74, 6) is 0.427. The van der Waals surface area contributed by atoms with Gasteiger partial charge in [0.15, 0.2) is 9.84 Å². The predicted molar refractivity (Wildman–Crippen MR) is 76.6 cm³/mol. The molecule has 0 fully saturated rings. The second-order valence-electron chi connectivity index (χ2n) is 4.33. The van der Waals surface area contributed by atoms with Crippen LogP contribution in [0, 0.1) is 0 Å². The van der Waals surface area contributed by atoms with Crippen LogP contribution in [0.4, 0.5) is 5.69 Å². The van der Waals surface area contributed by atoms with Gasteiger partial charge in [0.25, 0.3) is 0 Å². The molecular weight excluding hydrogens is 316 g/mol. The van der Waals surface area contributed by atoms with Crippen LogP contribution < -0.4 is 10.5 Å². The number of nitrogen functional groups attached to an aromatic ring is 1. The average Bonchev–Trinajstić information content (AvgIpc) is 2.88. The van der Waals surface area contributed by atoms with Gasteiger partial charge in [-0.1, -0.05) is 0 Å². The molecule has 0 saturated carbocycles. The average molecular weight is 330 g/mol. The third-order valence-electron chi connectivity index (χ3n) is 2.69. The van der Waals surface area contributed by atoms with Crippen molar-refractivity contribution < 1.29 is 16.8 Å². The Bertz CT molecular complexity index is 842. The van der Waals surface area contributed by atoms with Gasteiger partial charge in [0.1, 0.15) is 10.7 Å². The van der Waals surface area contributed by atoms with E-state index in [4.69, 9.17) is 5.73 Å². The maximum absolute atomic E-state index is 12.2. The largest absolute Gasteiger partial charge is 0.398 e. The van der Waals surface area contributed by atoms with E-state index in [1.54, 1.807) is 6.20 Å². The quantitative estimate of drug-likeness (QED) is 0.654. The maximum atomic E-state index is 12.2. The Kier molecular flexibility index (Phi) is 4.03. The zero-order valence-electron chi connectivity index (χ0n) is 11.1. The monoisotopic (exact) mass is 330 g/mol. The van der Waals surface area contributed by atoms with Gasteiger partial charge in [0.2, 0.25) is 10.0 Å². The number of rotatable bonds is 5. The SMILES string of the molecule is CS(=O)(=O)c1ccc(N)c(S(=O)(=O)NCc2ncc[nH]2)c1. The van der Waals surface area contributed by atoms with E-state index in [9.17, 15) is 16.8 Å². The third kappa shape index (κ3) is 3.60. The second-order valence-corrected chi connectivity index (χ2v) is 8.08. The van der Waals surface area contributed by atoms with E-state index in [0.717, 1.165) is 12.3 Å². The minimum atomic E-state index is -3.95. The van der Waals surface area contributed by atoms with Crippen LogP contribution in [0.1, 0.15) is 5.82 Å². The van der Waals surface area contributed by atoms with Crippen LogP contribution in [-0.4, -0.2) is 33.1 Å². The first-order valence-corrected chi connectivity index (χ1v) is 9.15. The van der Waals surface area contributed by atoms with Crippen molar-refractivity contribution >= 4 is 25.5 Å². The second kappa shape index (κ2) is 5.47. The summed E-state index contributed by atoms with van der Waals surface area (Å²) in [5, 5.41) is 0. The van der Waals surface area contributed by atoms with Crippen molar-refractivity contribution in [1.29, 1.82) is 0 Å². The lowest BCUT2D eigenvalue weighted by Crippen LogP contribution is -2.25. The fourth-order valence-corrected chi connectivity index (χ4v) is 3.48. The van der Waals surface area contributed by atoms with Crippen molar-refractivity contribution in [2.24, 2.45) is 0 Å². The lowest BCUT2D eigenvalue weighted by atomic mass is 10.3. The number of nitrogens with one attached hydrogen (secondary N) is 2. The van der Waals surface area contributed by atoms with Crippen molar-refractivity contribution in [3.63, 3.8) is 0 Å². The molecule has 0 unspecified atom stereocenters. The number of sulfonamides is 1. The summed E-state index contributed by atoms with van der Waals surface area (Å²) in [4.78, 5) is 6.23. The van der Waals surface area contributed by atoms with Gasteiger partial charge in [-0.25, -0.2) is 26.5 Å². The lowest BCUT2D eigenvalue weighted by Gasteiger charge is -2.09. The van der Waals surface area contributed by atoms with Crippen molar-refractivity contribution in [1.82, 2.24) is 14.7 Å². The molecular formula is C11H14N4O4S2. The highest BCUT2D eigenvalue weighted by Gasteiger charge is 2.20. The number of anilines is 1. The summed E-state index contributed by atoms with van der Waals surface area (Å²) < 4.78 is 49.7. The molecule has 2 aromatic rings. The Morgan fingerprint density at radius 1 is 1.29 bits per heavy atom. The van der Waals surface area contributed by atoms with Gasteiger partial charge in [-0.3, -0.25) is 0 Å². The number of H-pyrrole nitrogens is 1. The Labute approximate surface area is 122 Å². The number of sulfone groups is 1. The summed E-state index contributed by atoms with van der Waals surface area (Å²) >= 11 is 0. The number of aromatic amines is 1. The van der Waals surface area contributed by atoms with Gasteiger partial charge in [0.05, 0.1) is 17.1 Å². The number of hydrogen-bond donors (Lipinski definition) is 3. The minimum absolute atomic E-state index is 0.0330. The molecule has 0 atom stereocenters. The van der Waals surface area contributed by atoms with Crippen LogP contribution in [0.25, 0.3) is 0 Å². The number of imidazole rings is 1. The molecule has 1 aromatic carbocycles. The van der Waals surface area contributed by atoms with Gasteiger partial charge in [-0.15, -0.1) is 0 Å². The highest BCUT2D eigenvalue weighted by molar-refractivity contribution is 7.91. The molecule has 1 heterocycles. The van der Waals surface area contributed by atoms with E-state index in [1.165, 1.54) is 18.3 Å². The van der Waals surface area contributed by atoms with Crippen LogP contribution in [0.3, 0.4) is 0 Å². The summed E-state index contributed by atoms with van der Waals surface area (Å²) in [6.07, 6.45) is 4.04. The molecule has 8 nitrogen and oxygen atoms in total. The van der Waals surface area contributed by atoms with E-state index in [-0.39, 0.29) is 22.0 Å². The Morgan fingerprint density at radius 3 is 2.57 bits per heavy atom. The molecule has 0 bridgehead atoms. The topological polar surface area (TPSA) is 135 Å². The van der Waals surface area contributed by atoms with Gasteiger partial charge in [0, 0.05) is 18.6 Å². The van der Waals surface area contributed by atoms with E-state index >= 15 is 0 Å². The molecule has 4 N–H and O–H groups in total. The van der Waals surface area contributed by atoms with Crippen LogP contribution >= 0.6 is 0 Å². The molecule has 0 aliphatic rings. The lowest BCUT2D eigenvalue weighted by molar-refractivity contribution is 0.579. The number of nitrogens with zero attached hydrogens (tertiary/aromatic N) is 1. The zero-order chi connectivity index (χ0) is 15.7. The predicted octanol–water partition coefficient (Wildman–Crippen LogP) is -0.126.